The summed E-state index contributed by atoms with van der Waals surface area (Å²) in [5.74, 6) is -1.33. The number of imidazole rings is 1. The molecule has 0 radical (unpaired) electrons. The molecule has 1 saturated heterocycles. The third-order valence-corrected chi connectivity index (χ3v) is 7.60. The normalized spacial score (nSPS) is 14.0. The Morgan fingerprint density at radius 3 is 2.53 bits per heavy atom. The standard InChI is InChI=1S/C27H23BrFN5O4/c1-16-6-11-33-23(15-30-24(33)12-16)26(35)31-20-4-2-17(3-5-20)18-7-9-32(10-8-18)27(36)21-13-19(29)14-22(25(21)28)34(37)38/h2-6,11-15,18H,7-10H2,1H3,(H,31,35). The van der Waals surface area contributed by atoms with Gasteiger partial charge in [-0.05, 0) is 83.1 Å². The van der Waals surface area contributed by atoms with Gasteiger partial charge in [-0.3, -0.25) is 24.1 Å². The Hall–Kier alpha value is -4.12. The fraction of sp³-hybridized carbons (Fsp3) is 0.222. The Labute approximate surface area is 225 Å². The summed E-state index contributed by atoms with van der Waals surface area (Å²) in [6, 6.07) is 13.3. The first-order valence-electron chi connectivity index (χ1n) is 12.0. The van der Waals surface area contributed by atoms with Gasteiger partial charge in [-0.25, -0.2) is 9.37 Å². The number of hydrogen-bond acceptors (Lipinski definition) is 5. The summed E-state index contributed by atoms with van der Waals surface area (Å²) in [5, 5.41) is 14.1. The topological polar surface area (TPSA) is 110 Å². The summed E-state index contributed by atoms with van der Waals surface area (Å²) in [6.45, 7) is 2.84. The Morgan fingerprint density at radius 1 is 1.13 bits per heavy atom. The number of rotatable bonds is 5. The molecular formula is C27H23BrFN5O4. The van der Waals surface area contributed by atoms with Crippen molar-refractivity contribution in [2.75, 3.05) is 18.4 Å². The Morgan fingerprint density at radius 2 is 1.84 bits per heavy atom. The number of anilines is 1. The monoisotopic (exact) mass is 579 g/mol. The van der Waals surface area contributed by atoms with E-state index in [2.05, 4.69) is 26.2 Å². The van der Waals surface area contributed by atoms with Gasteiger partial charge in [-0.15, -0.1) is 0 Å². The summed E-state index contributed by atoms with van der Waals surface area (Å²) in [7, 11) is 0. The molecule has 0 bridgehead atoms. The van der Waals surface area contributed by atoms with Crippen LogP contribution in [0.5, 0.6) is 0 Å². The molecule has 9 nitrogen and oxygen atoms in total. The van der Waals surface area contributed by atoms with E-state index in [9.17, 15) is 24.1 Å². The van der Waals surface area contributed by atoms with Gasteiger partial charge in [0.15, 0.2) is 0 Å². The number of likely N-dealkylation sites (tertiary alicyclic amines) is 1. The highest BCUT2D eigenvalue weighted by Crippen LogP contribution is 2.33. The molecule has 1 aliphatic heterocycles. The average Bonchev–Trinajstić information content (AvgIpc) is 3.33. The largest absolute Gasteiger partial charge is 0.339 e. The molecule has 4 aromatic rings. The lowest BCUT2D eigenvalue weighted by atomic mass is 9.89. The first kappa shape index (κ1) is 25.5. The number of amides is 2. The summed E-state index contributed by atoms with van der Waals surface area (Å²) in [5.41, 5.74) is 3.42. The number of carbonyl (C=O) groups is 2. The van der Waals surface area contributed by atoms with E-state index in [0.717, 1.165) is 23.3 Å². The maximum Gasteiger partial charge on any atom is 0.287 e. The number of nitrogens with zero attached hydrogens (tertiary/aromatic N) is 4. The van der Waals surface area contributed by atoms with Crippen molar-refractivity contribution in [2.45, 2.75) is 25.7 Å². The molecule has 5 rings (SSSR count). The minimum absolute atomic E-state index is 0.0206. The number of nitro groups is 1. The summed E-state index contributed by atoms with van der Waals surface area (Å²) in [4.78, 5) is 42.2. The number of aryl methyl sites for hydroxylation is 1. The van der Waals surface area contributed by atoms with Gasteiger partial charge in [0.2, 0.25) is 0 Å². The molecule has 0 saturated carbocycles. The van der Waals surface area contributed by atoms with Crippen molar-refractivity contribution in [2.24, 2.45) is 0 Å². The molecule has 1 N–H and O–H groups in total. The zero-order valence-corrected chi connectivity index (χ0v) is 21.9. The van der Waals surface area contributed by atoms with Crippen molar-refractivity contribution in [3.63, 3.8) is 0 Å². The molecule has 0 spiro atoms. The molecule has 3 heterocycles. The third kappa shape index (κ3) is 5.01. The minimum Gasteiger partial charge on any atom is -0.339 e. The van der Waals surface area contributed by atoms with E-state index in [1.54, 1.807) is 15.5 Å². The second-order valence-corrected chi connectivity index (χ2v) is 10.1. The quantitative estimate of drug-likeness (QED) is 0.240. The van der Waals surface area contributed by atoms with E-state index in [4.69, 9.17) is 0 Å². The lowest BCUT2D eigenvalue weighted by Gasteiger charge is -2.32. The van der Waals surface area contributed by atoms with Crippen LogP contribution in [0.2, 0.25) is 0 Å². The van der Waals surface area contributed by atoms with Gasteiger partial charge < -0.3 is 10.2 Å². The van der Waals surface area contributed by atoms with Crippen LogP contribution in [0, 0.1) is 22.9 Å². The van der Waals surface area contributed by atoms with Crippen molar-refractivity contribution < 1.29 is 18.9 Å². The number of aromatic nitrogens is 2. The van der Waals surface area contributed by atoms with Crippen LogP contribution >= 0.6 is 15.9 Å². The van der Waals surface area contributed by atoms with E-state index in [-0.39, 0.29) is 21.9 Å². The Bertz CT molecular complexity index is 1560. The fourth-order valence-corrected chi connectivity index (χ4v) is 5.28. The van der Waals surface area contributed by atoms with Crippen LogP contribution in [0.15, 0.2) is 65.4 Å². The number of hydrogen-bond donors (Lipinski definition) is 1. The van der Waals surface area contributed by atoms with Crippen molar-refractivity contribution in [1.29, 1.82) is 0 Å². The van der Waals surface area contributed by atoms with Gasteiger partial charge in [-0.2, -0.15) is 0 Å². The molecule has 0 atom stereocenters. The number of halogens is 2. The van der Waals surface area contributed by atoms with Gasteiger partial charge >= 0.3 is 0 Å². The number of nitro benzene ring substituents is 1. The van der Waals surface area contributed by atoms with E-state index >= 15 is 0 Å². The summed E-state index contributed by atoms with van der Waals surface area (Å²) >= 11 is 3.09. The van der Waals surface area contributed by atoms with Crippen LogP contribution in [0.4, 0.5) is 15.8 Å². The first-order valence-corrected chi connectivity index (χ1v) is 12.8. The molecule has 2 aromatic carbocycles. The van der Waals surface area contributed by atoms with Crippen LogP contribution in [0.1, 0.15) is 50.7 Å². The van der Waals surface area contributed by atoms with E-state index in [1.165, 1.54) is 0 Å². The highest BCUT2D eigenvalue weighted by molar-refractivity contribution is 9.10. The van der Waals surface area contributed by atoms with Gasteiger partial charge in [0.05, 0.1) is 22.7 Å². The van der Waals surface area contributed by atoms with Crippen LogP contribution in [-0.2, 0) is 0 Å². The smallest absolute Gasteiger partial charge is 0.287 e. The van der Waals surface area contributed by atoms with Crippen LogP contribution in [-0.4, -0.2) is 44.1 Å². The van der Waals surface area contributed by atoms with Crippen molar-refractivity contribution in [3.05, 3.63) is 104 Å². The zero-order valence-electron chi connectivity index (χ0n) is 20.4. The molecule has 38 heavy (non-hydrogen) atoms. The van der Waals surface area contributed by atoms with Crippen molar-refractivity contribution >= 4 is 44.8 Å². The van der Waals surface area contributed by atoms with E-state index < -0.39 is 22.3 Å². The molecule has 0 unspecified atom stereocenters. The van der Waals surface area contributed by atoms with Crippen molar-refractivity contribution in [3.8, 4) is 0 Å². The number of carbonyl (C=O) groups excluding carboxylic acids is 2. The highest BCUT2D eigenvalue weighted by atomic mass is 79.9. The lowest BCUT2D eigenvalue weighted by Crippen LogP contribution is -2.38. The number of nitrogens with one attached hydrogen (secondary N) is 1. The predicted octanol–water partition coefficient (Wildman–Crippen LogP) is 5.72. The SMILES string of the molecule is Cc1ccn2c(C(=O)Nc3ccc(C4CCN(C(=O)c5cc(F)cc([N+](=O)[O-])c5Br)CC4)cc3)cnc2c1. The number of piperidine rings is 1. The molecule has 1 aliphatic rings. The maximum atomic E-state index is 13.9. The van der Waals surface area contributed by atoms with Gasteiger partial charge in [0, 0.05) is 25.0 Å². The third-order valence-electron chi connectivity index (χ3n) is 6.77. The lowest BCUT2D eigenvalue weighted by molar-refractivity contribution is -0.385. The summed E-state index contributed by atoms with van der Waals surface area (Å²) < 4.78 is 15.6. The minimum atomic E-state index is -0.832. The molecule has 1 fully saturated rings. The Balaban J connectivity index is 1.22. The molecule has 194 valence electrons. The summed E-state index contributed by atoms with van der Waals surface area (Å²) in [6.07, 6.45) is 4.75. The van der Waals surface area contributed by atoms with Gasteiger partial charge in [0.1, 0.15) is 21.6 Å². The number of pyridine rings is 1. The number of benzene rings is 2. The molecule has 0 aliphatic carbocycles. The number of fused-ring (bicyclic) bond motifs is 1. The average molecular weight is 580 g/mol. The highest BCUT2D eigenvalue weighted by Gasteiger charge is 2.29. The first-order chi connectivity index (χ1) is 18.2. The van der Waals surface area contributed by atoms with Gasteiger partial charge in [0.25, 0.3) is 17.5 Å². The second-order valence-electron chi connectivity index (χ2n) is 9.26. The van der Waals surface area contributed by atoms with E-state index in [1.807, 2.05) is 49.5 Å². The van der Waals surface area contributed by atoms with Crippen LogP contribution in [0.25, 0.3) is 5.65 Å². The fourth-order valence-electron chi connectivity index (χ4n) is 4.73. The second kappa shape index (κ2) is 10.3. The zero-order chi connectivity index (χ0) is 27.0. The van der Waals surface area contributed by atoms with Crippen LogP contribution < -0.4 is 5.32 Å². The Kier molecular flexibility index (Phi) is 6.94. The molecule has 11 heteroatoms. The predicted molar refractivity (Wildman–Crippen MR) is 143 cm³/mol. The van der Waals surface area contributed by atoms with Crippen LogP contribution in [0.3, 0.4) is 0 Å². The molecular weight excluding hydrogens is 557 g/mol. The maximum absolute atomic E-state index is 13.9. The van der Waals surface area contributed by atoms with E-state index in [0.29, 0.717) is 43.0 Å². The molecule has 2 aromatic heterocycles. The van der Waals surface area contributed by atoms with Crippen molar-refractivity contribution in [1.82, 2.24) is 14.3 Å². The van der Waals surface area contributed by atoms with Gasteiger partial charge in [-0.1, -0.05) is 12.1 Å². The molecule has 2 amide bonds.